The molecule has 3 aromatic rings. The molecule has 0 aliphatic carbocycles. The lowest BCUT2D eigenvalue weighted by molar-refractivity contribution is -0.0498. The van der Waals surface area contributed by atoms with Crippen LogP contribution in [0.2, 0.25) is 0 Å². The lowest BCUT2D eigenvalue weighted by Crippen LogP contribution is -2.21. The highest BCUT2D eigenvalue weighted by molar-refractivity contribution is 5.85. The third-order valence-corrected chi connectivity index (χ3v) is 4.26. The highest BCUT2D eigenvalue weighted by Crippen LogP contribution is 2.31. The van der Waals surface area contributed by atoms with Crippen LogP contribution in [0.25, 0.3) is 5.69 Å². The molecule has 6 heteroatoms. The molecule has 1 N–H and O–H groups in total. The van der Waals surface area contributed by atoms with Gasteiger partial charge in [0.1, 0.15) is 5.75 Å². The predicted molar refractivity (Wildman–Crippen MR) is 94.8 cm³/mol. The van der Waals surface area contributed by atoms with Crippen LogP contribution in [-0.4, -0.2) is 11.2 Å². The monoisotopic (exact) mass is 362 g/mol. The number of nitrogens with one attached hydrogen (secondary N) is 1. The average molecular weight is 363 g/mol. The highest BCUT2D eigenvalue weighted by Gasteiger charge is 2.22. The number of rotatable bonds is 3. The number of benzene rings is 2. The van der Waals surface area contributed by atoms with Crippen molar-refractivity contribution >= 4 is 12.4 Å². The molecule has 130 valence electrons. The fraction of sp³-hybridized carbons (Fsp3) is 0.158. The van der Waals surface area contributed by atoms with Crippen LogP contribution < -0.4 is 10.1 Å². The molecular formula is C19H17ClF2N2O. The van der Waals surface area contributed by atoms with Gasteiger partial charge >= 0.3 is 6.61 Å². The molecule has 3 nitrogen and oxygen atoms in total. The lowest BCUT2D eigenvalue weighted by atomic mass is 10.0. The zero-order valence-electron chi connectivity index (χ0n) is 13.2. The number of hydrogen-bond acceptors (Lipinski definition) is 2. The van der Waals surface area contributed by atoms with Gasteiger partial charge in [0, 0.05) is 24.1 Å². The largest absolute Gasteiger partial charge is 0.435 e. The smallest absolute Gasteiger partial charge is 0.387 e. The first-order valence-electron chi connectivity index (χ1n) is 7.76. The van der Waals surface area contributed by atoms with E-state index in [9.17, 15) is 8.78 Å². The van der Waals surface area contributed by atoms with Crippen LogP contribution in [0.3, 0.4) is 0 Å². The Balaban J connectivity index is 0.00000182. The van der Waals surface area contributed by atoms with Gasteiger partial charge in [-0.05, 0) is 41.5 Å². The van der Waals surface area contributed by atoms with Crippen molar-refractivity contribution in [1.82, 2.24) is 9.88 Å². The second-order valence-electron chi connectivity index (χ2n) is 5.69. The van der Waals surface area contributed by atoms with Crippen molar-refractivity contribution in [3.8, 4) is 11.4 Å². The predicted octanol–water partition coefficient (Wildman–Crippen LogP) is 4.69. The third kappa shape index (κ3) is 3.38. The van der Waals surface area contributed by atoms with Crippen LogP contribution in [0.4, 0.5) is 8.78 Å². The van der Waals surface area contributed by atoms with E-state index in [-0.39, 0.29) is 24.2 Å². The molecular weight excluding hydrogens is 346 g/mol. The maximum Gasteiger partial charge on any atom is 0.387 e. The molecule has 1 aromatic heterocycles. The van der Waals surface area contributed by atoms with E-state index < -0.39 is 6.61 Å². The van der Waals surface area contributed by atoms with Crippen molar-refractivity contribution < 1.29 is 13.5 Å². The fourth-order valence-electron chi connectivity index (χ4n) is 3.19. The molecule has 0 amide bonds. The van der Waals surface area contributed by atoms with Crippen molar-refractivity contribution in [3.05, 3.63) is 83.7 Å². The van der Waals surface area contributed by atoms with E-state index in [0.717, 1.165) is 23.5 Å². The zero-order valence-corrected chi connectivity index (χ0v) is 14.0. The first kappa shape index (κ1) is 17.5. The first-order valence-corrected chi connectivity index (χ1v) is 7.76. The van der Waals surface area contributed by atoms with Crippen LogP contribution in [0, 0.1) is 0 Å². The quantitative estimate of drug-likeness (QED) is 0.731. The Bertz CT molecular complexity index is 849. The third-order valence-electron chi connectivity index (χ3n) is 4.26. The number of fused-ring (bicyclic) bond motifs is 3. The Hall–Kier alpha value is -2.37. The highest BCUT2D eigenvalue weighted by atomic mass is 35.5. The van der Waals surface area contributed by atoms with E-state index in [4.69, 9.17) is 0 Å². The van der Waals surface area contributed by atoms with E-state index in [2.05, 4.69) is 32.8 Å². The minimum Gasteiger partial charge on any atom is -0.435 e. The second-order valence-corrected chi connectivity index (χ2v) is 5.69. The summed E-state index contributed by atoms with van der Waals surface area (Å²) < 4.78 is 31.2. The van der Waals surface area contributed by atoms with Gasteiger partial charge in [-0.2, -0.15) is 8.78 Å². The topological polar surface area (TPSA) is 26.2 Å². The first-order chi connectivity index (χ1) is 11.7. The number of hydrogen-bond donors (Lipinski definition) is 1. The SMILES string of the molecule is Cl.FC(F)Oc1ccc(C2NCc3ccccc3-n3cccc32)cc1. The normalized spacial score (nSPS) is 15.7. The van der Waals surface area contributed by atoms with E-state index in [1.54, 1.807) is 12.1 Å². The molecule has 0 saturated heterocycles. The van der Waals surface area contributed by atoms with Gasteiger partial charge in [0.05, 0.1) is 6.04 Å². The summed E-state index contributed by atoms with van der Waals surface area (Å²) in [5, 5.41) is 3.55. The van der Waals surface area contributed by atoms with Gasteiger partial charge in [-0.3, -0.25) is 0 Å². The molecule has 1 unspecified atom stereocenters. The number of aromatic nitrogens is 1. The molecule has 0 bridgehead atoms. The zero-order chi connectivity index (χ0) is 16.5. The van der Waals surface area contributed by atoms with Crippen molar-refractivity contribution in [2.24, 2.45) is 0 Å². The summed E-state index contributed by atoms with van der Waals surface area (Å²) in [6, 6.07) is 19.1. The van der Waals surface area contributed by atoms with Gasteiger partial charge < -0.3 is 14.6 Å². The van der Waals surface area contributed by atoms with Crippen LogP contribution in [0.1, 0.15) is 22.9 Å². The molecule has 2 aromatic carbocycles. The van der Waals surface area contributed by atoms with Crippen LogP contribution >= 0.6 is 12.4 Å². The van der Waals surface area contributed by atoms with Crippen molar-refractivity contribution in [3.63, 3.8) is 0 Å². The van der Waals surface area contributed by atoms with E-state index in [1.807, 2.05) is 36.5 Å². The van der Waals surface area contributed by atoms with Gasteiger partial charge in [0.25, 0.3) is 0 Å². The van der Waals surface area contributed by atoms with E-state index >= 15 is 0 Å². The van der Waals surface area contributed by atoms with E-state index in [0.29, 0.717) is 0 Å². The summed E-state index contributed by atoms with van der Waals surface area (Å²) in [6.07, 6.45) is 2.04. The maximum absolute atomic E-state index is 12.3. The second kappa shape index (κ2) is 7.25. The molecule has 1 atom stereocenters. The van der Waals surface area contributed by atoms with E-state index in [1.165, 1.54) is 5.56 Å². The maximum atomic E-state index is 12.3. The van der Waals surface area contributed by atoms with Gasteiger partial charge in [0.15, 0.2) is 0 Å². The minimum atomic E-state index is -2.81. The molecule has 0 radical (unpaired) electrons. The Morgan fingerprint density at radius 1 is 1.00 bits per heavy atom. The van der Waals surface area contributed by atoms with Crippen LogP contribution in [-0.2, 0) is 6.54 Å². The van der Waals surface area contributed by atoms with Gasteiger partial charge in [-0.1, -0.05) is 30.3 Å². The lowest BCUT2D eigenvalue weighted by Gasteiger charge is -2.18. The van der Waals surface area contributed by atoms with Crippen LogP contribution in [0.15, 0.2) is 66.9 Å². The van der Waals surface area contributed by atoms with Crippen molar-refractivity contribution in [2.75, 3.05) is 0 Å². The standard InChI is InChI=1S/C19H16F2N2O.ClH/c20-19(21)24-15-9-7-13(8-10-15)18-17-6-3-11-23(17)16-5-2-1-4-14(16)12-22-18;/h1-11,18-19,22H,12H2;1H. The minimum absolute atomic E-state index is 0. The van der Waals surface area contributed by atoms with Gasteiger partial charge in [-0.15, -0.1) is 12.4 Å². The van der Waals surface area contributed by atoms with Gasteiger partial charge in [0.2, 0.25) is 0 Å². The molecule has 1 aliphatic rings. The Morgan fingerprint density at radius 2 is 1.76 bits per heavy atom. The summed E-state index contributed by atoms with van der Waals surface area (Å²) in [7, 11) is 0. The summed E-state index contributed by atoms with van der Waals surface area (Å²) in [5.74, 6) is 0.168. The molecule has 0 spiro atoms. The molecule has 1 aliphatic heterocycles. The number of nitrogens with zero attached hydrogens (tertiary/aromatic N) is 1. The molecule has 25 heavy (non-hydrogen) atoms. The van der Waals surface area contributed by atoms with Crippen molar-refractivity contribution in [1.29, 1.82) is 0 Å². The number of ether oxygens (including phenoxy) is 1. The van der Waals surface area contributed by atoms with Crippen molar-refractivity contribution in [2.45, 2.75) is 19.2 Å². The molecule has 0 saturated carbocycles. The Labute approximate surface area is 150 Å². The fourth-order valence-corrected chi connectivity index (χ4v) is 3.19. The number of para-hydroxylation sites is 1. The van der Waals surface area contributed by atoms with Gasteiger partial charge in [-0.25, -0.2) is 0 Å². The number of halogens is 3. The summed E-state index contributed by atoms with van der Waals surface area (Å²) in [5.41, 5.74) is 4.49. The summed E-state index contributed by atoms with van der Waals surface area (Å²) in [6.45, 7) is -2.07. The molecule has 2 heterocycles. The Kier molecular flexibility index (Phi) is 5.06. The summed E-state index contributed by atoms with van der Waals surface area (Å²) >= 11 is 0. The average Bonchev–Trinajstić information content (AvgIpc) is 3.00. The Morgan fingerprint density at radius 3 is 2.52 bits per heavy atom. The number of alkyl halides is 2. The summed E-state index contributed by atoms with van der Waals surface area (Å²) in [4.78, 5) is 0. The van der Waals surface area contributed by atoms with Crippen LogP contribution in [0.5, 0.6) is 5.75 Å². The molecule has 4 rings (SSSR count). The molecule has 0 fully saturated rings.